The Morgan fingerprint density at radius 3 is 2.65 bits per heavy atom. The first-order valence-electron chi connectivity index (χ1n) is 8.03. The van der Waals surface area contributed by atoms with Crippen LogP contribution < -0.4 is 0 Å². The number of benzene rings is 2. The number of allylic oxidation sites excluding steroid dienone is 1. The molecule has 1 N–H and O–H groups in total. The van der Waals surface area contributed by atoms with Crippen molar-refractivity contribution in [2.24, 2.45) is 0 Å². The number of aromatic nitrogens is 1. The maximum Gasteiger partial charge on any atom is 0.0960 e. The van der Waals surface area contributed by atoms with Crippen LogP contribution >= 0.6 is 0 Å². The number of hydrogen-bond donors (Lipinski definition) is 1. The van der Waals surface area contributed by atoms with Crippen molar-refractivity contribution in [3.8, 4) is 11.3 Å². The summed E-state index contributed by atoms with van der Waals surface area (Å²) < 4.78 is 0. The lowest BCUT2D eigenvalue weighted by Crippen LogP contribution is -2.01. The molecule has 0 spiro atoms. The van der Waals surface area contributed by atoms with Gasteiger partial charge in [-0.25, -0.2) is 0 Å². The van der Waals surface area contributed by atoms with Crippen LogP contribution in [0.1, 0.15) is 31.1 Å². The summed E-state index contributed by atoms with van der Waals surface area (Å²) in [6.07, 6.45) is 3.91. The van der Waals surface area contributed by atoms with E-state index in [-0.39, 0.29) is 0 Å². The van der Waals surface area contributed by atoms with Gasteiger partial charge in [0, 0.05) is 5.56 Å². The normalized spacial score (nSPS) is 12.2. The van der Waals surface area contributed by atoms with Crippen molar-refractivity contribution in [3.05, 3.63) is 79.0 Å². The number of rotatable bonds is 6. The Morgan fingerprint density at radius 2 is 1.83 bits per heavy atom. The summed E-state index contributed by atoms with van der Waals surface area (Å²) in [7, 11) is 0. The predicted molar refractivity (Wildman–Crippen MR) is 96.2 cm³/mol. The maximum atomic E-state index is 10.3. The number of pyridine rings is 1. The van der Waals surface area contributed by atoms with Gasteiger partial charge in [-0.15, -0.1) is 6.58 Å². The quantitative estimate of drug-likeness (QED) is 0.495. The van der Waals surface area contributed by atoms with Gasteiger partial charge in [0.15, 0.2) is 0 Å². The second-order valence-electron chi connectivity index (χ2n) is 5.74. The highest BCUT2D eigenvalue weighted by Crippen LogP contribution is 2.25. The second-order valence-corrected chi connectivity index (χ2v) is 5.74. The van der Waals surface area contributed by atoms with Crippen molar-refractivity contribution >= 4 is 10.8 Å². The van der Waals surface area contributed by atoms with Crippen LogP contribution in [0.5, 0.6) is 0 Å². The molecule has 0 saturated carbocycles. The first-order valence-corrected chi connectivity index (χ1v) is 8.03. The van der Waals surface area contributed by atoms with Gasteiger partial charge in [-0.2, -0.15) is 0 Å². The Labute approximate surface area is 137 Å². The number of aliphatic hydroxyl groups is 1. The molecule has 2 nitrogen and oxygen atoms in total. The van der Waals surface area contributed by atoms with Crippen molar-refractivity contribution in [1.82, 2.24) is 4.98 Å². The van der Waals surface area contributed by atoms with Crippen LogP contribution in [0.4, 0.5) is 0 Å². The average molecular weight is 303 g/mol. The van der Waals surface area contributed by atoms with Crippen molar-refractivity contribution in [3.63, 3.8) is 0 Å². The van der Waals surface area contributed by atoms with Gasteiger partial charge in [0.25, 0.3) is 0 Å². The summed E-state index contributed by atoms with van der Waals surface area (Å²) in [5, 5.41) is 12.7. The van der Waals surface area contributed by atoms with Crippen molar-refractivity contribution < 1.29 is 5.11 Å². The Balaban J connectivity index is 1.87. The first kappa shape index (κ1) is 15.4. The van der Waals surface area contributed by atoms with Gasteiger partial charge in [0.2, 0.25) is 0 Å². The third-order valence-electron chi connectivity index (χ3n) is 4.04. The van der Waals surface area contributed by atoms with E-state index in [4.69, 9.17) is 0 Å². The minimum atomic E-state index is -0.518. The first-order chi connectivity index (χ1) is 11.3. The molecule has 2 heteroatoms. The summed E-state index contributed by atoms with van der Waals surface area (Å²) in [6.45, 7) is 3.71. The van der Waals surface area contributed by atoms with Gasteiger partial charge in [0.05, 0.1) is 17.5 Å². The van der Waals surface area contributed by atoms with Gasteiger partial charge in [-0.1, -0.05) is 48.5 Å². The van der Waals surface area contributed by atoms with E-state index in [1.807, 2.05) is 36.4 Å². The van der Waals surface area contributed by atoms with E-state index >= 15 is 0 Å². The van der Waals surface area contributed by atoms with E-state index in [1.54, 1.807) is 0 Å². The van der Waals surface area contributed by atoms with E-state index in [2.05, 4.69) is 41.9 Å². The molecule has 0 saturated heterocycles. The highest BCUT2D eigenvalue weighted by Gasteiger charge is 2.10. The topological polar surface area (TPSA) is 33.1 Å². The highest BCUT2D eigenvalue weighted by atomic mass is 16.3. The smallest absolute Gasteiger partial charge is 0.0960 e. The molecule has 1 aromatic heterocycles. The lowest BCUT2D eigenvalue weighted by Gasteiger charge is -2.11. The van der Waals surface area contributed by atoms with E-state index in [1.165, 1.54) is 10.8 Å². The average Bonchev–Trinajstić information content (AvgIpc) is 2.61. The number of fused-ring (bicyclic) bond motifs is 1. The van der Waals surface area contributed by atoms with Crippen LogP contribution in [0.15, 0.2) is 73.3 Å². The van der Waals surface area contributed by atoms with Gasteiger partial charge < -0.3 is 5.11 Å². The molecule has 0 amide bonds. The molecule has 3 rings (SSSR count). The Morgan fingerprint density at radius 1 is 1.00 bits per heavy atom. The van der Waals surface area contributed by atoms with Gasteiger partial charge in [0.1, 0.15) is 0 Å². The monoisotopic (exact) mass is 303 g/mol. The summed E-state index contributed by atoms with van der Waals surface area (Å²) in [4.78, 5) is 4.65. The molecule has 1 atom stereocenters. The predicted octanol–water partition coefficient (Wildman–Crippen LogP) is 5.29. The molecule has 2 aromatic carbocycles. The standard InChI is InChI=1S/C21H21NO/c1-2-3-4-12-21(23)20-11-7-10-19(22-20)18-14-13-16-8-5-6-9-17(16)15-18/h2,5-11,13-15,21,23H,1,3-4,12H2. The fourth-order valence-electron chi connectivity index (χ4n) is 2.75. The number of aliphatic hydroxyl groups excluding tert-OH is 1. The molecule has 0 aliphatic heterocycles. The van der Waals surface area contributed by atoms with E-state index < -0.39 is 6.10 Å². The Kier molecular flexibility index (Phi) is 4.84. The molecule has 3 aromatic rings. The molecule has 0 aliphatic carbocycles. The van der Waals surface area contributed by atoms with Gasteiger partial charge in [-0.3, -0.25) is 4.98 Å². The van der Waals surface area contributed by atoms with E-state index in [9.17, 15) is 5.11 Å². The molecular weight excluding hydrogens is 282 g/mol. The second kappa shape index (κ2) is 7.21. The van der Waals surface area contributed by atoms with Crippen LogP contribution in [-0.4, -0.2) is 10.1 Å². The van der Waals surface area contributed by atoms with Crippen molar-refractivity contribution in [2.45, 2.75) is 25.4 Å². The van der Waals surface area contributed by atoms with Crippen LogP contribution in [0.2, 0.25) is 0 Å². The molecular formula is C21H21NO. The SMILES string of the molecule is C=CCCCC(O)c1cccc(-c2ccc3ccccc3c2)n1. The largest absolute Gasteiger partial charge is 0.387 e. The van der Waals surface area contributed by atoms with Crippen LogP contribution in [0, 0.1) is 0 Å². The van der Waals surface area contributed by atoms with Gasteiger partial charge >= 0.3 is 0 Å². The molecule has 0 bridgehead atoms. The molecule has 0 aliphatic rings. The summed E-state index contributed by atoms with van der Waals surface area (Å²) in [5.41, 5.74) is 2.71. The lowest BCUT2D eigenvalue weighted by molar-refractivity contribution is 0.160. The molecule has 0 fully saturated rings. The number of unbranched alkanes of at least 4 members (excludes halogenated alkanes) is 1. The summed E-state index contributed by atoms with van der Waals surface area (Å²) in [5.74, 6) is 0. The highest BCUT2D eigenvalue weighted by molar-refractivity contribution is 5.86. The van der Waals surface area contributed by atoms with Crippen LogP contribution in [0.25, 0.3) is 22.0 Å². The van der Waals surface area contributed by atoms with E-state index in [0.717, 1.165) is 29.8 Å². The summed E-state index contributed by atoms with van der Waals surface area (Å²) >= 11 is 0. The molecule has 116 valence electrons. The Bertz CT molecular complexity index is 810. The summed E-state index contributed by atoms with van der Waals surface area (Å²) in [6, 6.07) is 20.5. The maximum absolute atomic E-state index is 10.3. The lowest BCUT2D eigenvalue weighted by atomic mass is 10.0. The van der Waals surface area contributed by atoms with Crippen molar-refractivity contribution in [1.29, 1.82) is 0 Å². The van der Waals surface area contributed by atoms with Crippen molar-refractivity contribution in [2.75, 3.05) is 0 Å². The molecule has 1 heterocycles. The zero-order valence-corrected chi connectivity index (χ0v) is 13.2. The molecule has 23 heavy (non-hydrogen) atoms. The van der Waals surface area contributed by atoms with Crippen LogP contribution in [-0.2, 0) is 0 Å². The number of hydrogen-bond acceptors (Lipinski definition) is 2. The minimum absolute atomic E-state index is 0.518. The minimum Gasteiger partial charge on any atom is -0.387 e. The van der Waals surface area contributed by atoms with Crippen LogP contribution in [0.3, 0.4) is 0 Å². The molecule has 0 radical (unpaired) electrons. The molecule has 1 unspecified atom stereocenters. The fourth-order valence-corrected chi connectivity index (χ4v) is 2.75. The number of nitrogens with zero attached hydrogens (tertiary/aromatic N) is 1. The Hall–Kier alpha value is -2.45. The third kappa shape index (κ3) is 3.66. The zero-order chi connectivity index (χ0) is 16.1. The van der Waals surface area contributed by atoms with E-state index in [0.29, 0.717) is 6.42 Å². The zero-order valence-electron chi connectivity index (χ0n) is 13.2. The fraction of sp³-hybridized carbons (Fsp3) is 0.190. The third-order valence-corrected chi connectivity index (χ3v) is 4.04. The van der Waals surface area contributed by atoms with Gasteiger partial charge in [-0.05, 0) is 48.2 Å².